The van der Waals surface area contributed by atoms with Crippen LogP contribution in [0.3, 0.4) is 0 Å². The summed E-state index contributed by atoms with van der Waals surface area (Å²) in [5.41, 5.74) is 3.48. The number of ether oxygens (including phenoxy) is 1. The molecule has 1 N–H and O–H groups in total. The van der Waals surface area contributed by atoms with E-state index in [2.05, 4.69) is 60.5 Å². The third kappa shape index (κ3) is 3.56. The average molecular weight is 282 g/mol. The number of nitrogens with one attached hydrogen (secondary N) is 1. The second-order valence-corrected chi connectivity index (χ2v) is 5.70. The maximum Gasteiger partial charge on any atom is 0.0726 e. The Bertz CT molecular complexity index is 558. The van der Waals surface area contributed by atoms with Crippen LogP contribution in [-0.2, 0) is 4.74 Å². The summed E-state index contributed by atoms with van der Waals surface area (Å²) in [7, 11) is 0. The summed E-state index contributed by atoms with van der Waals surface area (Å²) < 4.78 is 5.79. The molecule has 0 radical (unpaired) electrons. The van der Waals surface area contributed by atoms with Crippen LogP contribution in [0, 0.1) is 0 Å². The van der Waals surface area contributed by atoms with Crippen LogP contribution in [0.15, 0.2) is 54.6 Å². The average Bonchev–Trinajstić information content (AvgIpc) is 2.48. The molecule has 1 fully saturated rings. The lowest BCUT2D eigenvalue weighted by molar-refractivity contribution is -0.00521. The minimum absolute atomic E-state index is 0.288. The predicted octanol–water partition coefficient (Wildman–Crippen LogP) is 4.04. The fraction of sp³-hybridized carbons (Fsp3) is 0.333. The van der Waals surface area contributed by atoms with Crippen LogP contribution in [0.4, 0.5) is 17.1 Å². The van der Waals surface area contributed by atoms with Crippen molar-refractivity contribution in [3.63, 3.8) is 0 Å². The molecular formula is C18H22N2O. The highest BCUT2D eigenvalue weighted by molar-refractivity contribution is 5.62. The number of hydrogen-bond donors (Lipinski definition) is 1. The van der Waals surface area contributed by atoms with E-state index in [0.29, 0.717) is 0 Å². The van der Waals surface area contributed by atoms with Crippen molar-refractivity contribution < 1.29 is 4.74 Å². The van der Waals surface area contributed by atoms with E-state index in [4.69, 9.17) is 4.74 Å². The number of morpholine rings is 1. The maximum atomic E-state index is 5.79. The van der Waals surface area contributed by atoms with Gasteiger partial charge in [0.15, 0.2) is 0 Å². The Kier molecular flexibility index (Phi) is 4.11. The highest BCUT2D eigenvalue weighted by atomic mass is 16.5. The van der Waals surface area contributed by atoms with Crippen molar-refractivity contribution in [3.05, 3.63) is 54.6 Å². The number of benzene rings is 2. The first-order chi connectivity index (χ1) is 10.2. The molecule has 1 aliphatic heterocycles. The van der Waals surface area contributed by atoms with Gasteiger partial charge in [0.2, 0.25) is 0 Å². The maximum absolute atomic E-state index is 5.79. The Balaban J connectivity index is 1.69. The van der Waals surface area contributed by atoms with Crippen LogP contribution >= 0.6 is 0 Å². The molecule has 3 nitrogen and oxygen atoms in total. The van der Waals surface area contributed by atoms with Crippen molar-refractivity contribution >= 4 is 17.1 Å². The highest BCUT2D eigenvalue weighted by Gasteiger charge is 2.22. The Morgan fingerprint density at radius 3 is 2.05 bits per heavy atom. The van der Waals surface area contributed by atoms with Gasteiger partial charge in [0.05, 0.1) is 12.2 Å². The monoisotopic (exact) mass is 282 g/mol. The van der Waals surface area contributed by atoms with Crippen molar-refractivity contribution in [3.8, 4) is 0 Å². The molecule has 0 aliphatic carbocycles. The van der Waals surface area contributed by atoms with Crippen LogP contribution in [0.25, 0.3) is 0 Å². The number of hydrogen-bond acceptors (Lipinski definition) is 3. The van der Waals surface area contributed by atoms with Crippen molar-refractivity contribution in [1.29, 1.82) is 0 Å². The third-order valence-electron chi connectivity index (χ3n) is 3.71. The van der Waals surface area contributed by atoms with E-state index >= 15 is 0 Å². The normalized spacial score (nSPS) is 22.1. The van der Waals surface area contributed by atoms with E-state index in [-0.39, 0.29) is 12.2 Å². The van der Waals surface area contributed by atoms with Gasteiger partial charge in [-0.2, -0.15) is 0 Å². The summed E-state index contributed by atoms with van der Waals surface area (Å²) in [5, 5.41) is 3.41. The summed E-state index contributed by atoms with van der Waals surface area (Å²) in [5.74, 6) is 0. The largest absolute Gasteiger partial charge is 0.372 e. The van der Waals surface area contributed by atoms with Gasteiger partial charge in [-0.15, -0.1) is 0 Å². The van der Waals surface area contributed by atoms with E-state index in [0.717, 1.165) is 24.5 Å². The molecule has 1 saturated heterocycles. The van der Waals surface area contributed by atoms with Gasteiger partial charge >= 0.3 is 0 Å². The van der Waals surface area contributed by atoms with Crippen molar-refractivity contribution in [2.45, 2.75) is 26.1 Å². The molecule has 110 valence electrons. The molecule has 2 atom stereocenters. The van der Waals surface area contributed by atoms with E-state index < -0.39 is 0 Å². The van der Waals surface area contributed by atoms with Crippen molar-refractivity contribution in [2.75, 3.05) is 23.3 Å². The van der Waals surface area contributed by atoms with Gasteiger partial charge < -0.3 is 15.0 Å². The first kappa shape index (κ1) is 14.0. The van der Waals surface area contributed by atoms with Gasteiger partial charge in [-0.05, 0) is 50.2 Å². The summed E-state index contributed by atoms with van der Waals surface area (Å²) >= 11 is 0. The van der Waals surface area contributed by atoms with Crippen LogP contribution < -0.4 is 10.2 Å². The molecule has 0 aromatic heterocycles. The topological polar surface area (TPSA) is 24.5 Å². The molecule has 1 heterocycles. The summed E-state index contributed by atoms with van der Waals surface area (Å²) in [6.07, 6.45) is 0.576. The SMILES string of the molecule is CC1CN(c2ccc(Nc3ccccc3)cc2)CC(C)O1. The number of para-hydroxylation sites is 1. The highest BCUT2D eigenvalue weighted by Crippen LogP contribution is 2.23. The molecule has 0 spiro atoms. The second kappa shape index (κ2) is 6.19. The first-order valence-electron chi connectivity index (χ1n) is 7.53. The molecule has 2 aromatic rings. The minimum Gasteiger partial charge on any atom is -0.372 e. The zero-order valence-corrected chi connectivity index (χ0v) is 12.6. The van der Waals surface area contributed by atoms with Crippen molar-refractivity contribution in [1.82, 2.24) is 0 Å². The van der Waals surface area contributed by atoms with Crippen LogP contribution in [0.1, 0.15) is 13.8 Å². The second-order valence-electron chi connectivity index (χ2n) is 5.70. The molecule has 3 heteroatoms. The van der Waals surface area contributed by atoms with Gasteiger partial charge in [0.25, 0.3) is 0 Å². The van der Waals surface area contributed by atoms with Gasteiger partial charge in [-0.25, -0.2) is 0 Å². The Hall–Kier alpha value is -2.00. The summed E-state index contributed by atoms with van der Waals surface area (Å²) in [4.78, 5) is 2.39. The quantitative estimate of drug-likeness (QED) is 0.919. The van der Waals surface area contributed by atoms with E-state index in [1.165, 1.54) is 5.69 Å². The Morgan fingerprint density at radius 2 is 1.43 bits per heavy atom. The molecule has 3 rings (SSSR count). The molecule has 21 heavy (non-hydrogen) atoms. The van der Waals surface area contributed by atoms with Gasteiger partial charge in [-0.3, -0.25) is 0 Å². The molecule has 0 saturated carbocycles. The summed E-state index contributed by atoms with van der Waals surface area (Å²) in [6.45, 7) is 6.17. The zero-order chi connectivity index (χ0) is 14.7. The standard InChI is InChI=1S/C18H22N2O/c1-14-12-20(13-15(2)21-14)18-10-8-17(9-11-18)19-16-6-4-3-5-7-16/h3-11,14-15,19H,12-13H2,1-2H3. The Labute approximate surface area is 126 Å². The lowest BCUT2D eigenvalue weighted by atomic mass is 10.2. The molecule has 0 bridgehead atoms. The van der Waals surface area contributed by atoms with Crippen LogP contribution in [0.5, 0.6) is 0 Å². The van der Waals surface area contributed by atoms with Gasteiger partial charge in [0, 0.05) is 30.2 Å². The fourth-order valence-electron chi connectivity index (χ4n) is 2.83. The molecule has 1 aliphatic rings. The van der Waals surface area contributed by atoms with E-state index in [1.807, 2.05) is 18.2 Å². The van der Waals surface area contributed by atoms with Crippen LogP contribution in [-0.4, -0.2) is 25.3 Å². The predicted molar refractivity (Wildman–Crippen MR) is 88.4 cm³/mol. The lowest BCUT2D eigenvalue weighted by Gasteiger charge is -2.36. The van der Waals surface area contributed by atoms with Crippen molar-refractivity contribution in [2.24, 2.45) is 0 Å². The van der Waals surface area contributed by atoms with Gasteiger partial charge in [-0.1, -0.05) is 18.2 Å². The summed E-state index contributed by atoms with van der Waals surface area (Å²) in [6, 6.07) is 18.8. The number of nitrogens with zero attached hydrogens (tertiary/aromatic N) is 1. The van der Waals surface area contributed by atoms with E-state index in [9.17, 15) is 0 Å². The van der Waals surface area contributed by atoms with Gasteiger partial charge in [0.1, 0.15) is 0 Å². The Morgan fingerprint density at radius 1 is 0.857 bits per heavy atom. The third-order valence-corrected chi connectivity index (χ3v) is 3.71. The number of anilines is 3. The zero-order valence-electron chi connectivity index (χ0n) is 12.6. The molecule has 2 aromatic carbocycles. The minimum atomic E-state index is 0.288. The molecule has 0 amide bonds. The molecule has 2 unspecified atom stereocenters. The fourth-order valence-corrected chi connectivity index (χ4v) is 2.83. The smallest absolute Gasteiger partial charge is 0.0726 e. The molecular weight excluding hydrogens is 260 g/mol. The van der Waals surface area contributed by atoms with E-state index in [1.54, 1.807) is 0 Å². The lowest BCUT2D eigenvalue weighted by Crippen LogP contribution is -2.45. The first-order valence-corrected chi connectivity index (χ1v) is 7.53. The number of rotatable bonds is 3. The van der Waals surface area contributed by atoms with Crippen LogP contribution in [0.2, 0.25) is 0 Å².